The fourth-order valence-electron chi connectivity index (χ4n) is 5.05. The van der Waals surface area contributed by atoms with Crippen LogP contribution < -0.4 is 10.6 Å². The Labute approximate surface area is 262 Å². The second kappa shape index (κ2) is 15.3. The zero-order chi connectivity index (χ0) is 31.8. The number of imidazole rings is 1. The molecule has 0 saturated carbocycles. The van der Waals surface area contributed by atoms with Gasteiger partial charge in [-0.15, -0.1) is 0 Å². The fourth-order valence-corrected chi connectivity index (χ4v) is 5.23. The third-order valence-corrected chi connectivity index (χ3v) is 7.86. The Hall–Kier alpha value is -3.70. The van der Waals surface area contributed by atoms with Crippen LogP contribution in [0.1, 0.15) is 65.8 Å². The summed E-state index contributed by atoms with van der Waals surface area (Å²) in [6.07, 6.45) is 8.31. The first kappa shape index (κ1) is 33.2. The minimum atomic E-state index is -0.589. The molecule has 1 aliphatic rings. The Kier molecular flexibility index (Phi) is 11.6. The molecule has 0 radical (unpaired) electrons. The molecule has 44 heavy (non-hydrogen) atoms. The van der Waals surface area contributed by atoms with Crippen LogP contribution in [0.3, 0.4) is 0 Å². The monoisotopic (exact) mass is 626 g/mol. The summed E-state index contributed by atoms with van der Waals surface area (Å²) < 4.78 is 30.9. The Bertz CT molecular complexity index is 1570. The topological polar surface area (TPSA) is 100 Å². The van der Waals surface area contributed by atoms with Gasteiger partial charge in [-0.05, 0) is 89.9 Å². The molecule has 12 heteroatoms. The number of halogens is 3. The molecule has 0 bridgehead atoms. The molecule has 0 spiro atoms. The van der Waals surface area contributed by atoms with Gasteiger partial charge in [-0.25, -0.2) is 23.7 Å². The van der Waals surface area contributed by atoms with Gasteiger partial charge in [0.1, 0.15) is 17.2 Å². The summed E-state index contributed by atoms with van der Waals surface area (Å²) in [4.78, 5) is 33.1. The maximum atomic E-state index is 15.4. The van der Waals surface area contributed by atoms with Gasteiger partial charge < -0.3 is 15.5 Å². The second-order valence-corrected chi connectivity index (χ2v) is 11.8. The smallest absolute Gasteiger partial charge is 0.251 e. The quantitative estimate of drug-likeness (QED) is 0.204. The molecule has 1 unspecified atom stereocenters. The Morgan fingerprint density at radius 3 is 2.70 bits per heavy atom. The minimum absolute atomic E-state index is 0.00953. The van der Waals surface area contributed by atoms with Crippen molar-refractivity contribution in [3.05, 3.63) is 58.8 Å². The fraction of sp³-hybridized carbons (Fsp3) is 0.469. The van der Waals surface area contributed by atoms with E-state index < -0.39 is 11.6 Å². The second-order valence-electron chi connectivity index (χ2n) is 11.4. The summed E-state index contributed by atoms with van der Waals surface area (Å²) in [7, 11) is 2.11. The van der Waals surface area contributed by atoms with E-state index in [2.05, 4.69) is 56.4 Å². The lowest BCUT2D eigenvalue weighted by molar-refractivity contribution is -0.117. The molecule has 0 aliphatic heterocycles. The zero-order valence-electron chi connectivity index (χ0n) is 26.0. The number of amides is 1. The van der Waals surface area contributed by atoms with Crippen molar-refractivity contribution in [3.8, 4) is 0 Å². The van der Waals surface area contributed by atoms with E-state index in [9.17, 15) is 9.18 Å². The highest BCUT2D eigenvalue weighted by atomic mass is 35.5. The van der Waals surface area contributed by atoms with E-state index >= 15 is 4.39 Å². The van der Waals surface area contributed by atoms with Crippen molar-refractivity contribution in [2.45, 2.75) is 65.8 Å². The molecule has 1 aliphatic carbocycles. The normalized spacial score (nSPS) is 15.5. The maximum absolute atomic E-state index is 15.4. The van der Waals surface area contributed by atoms with Gasteiger partial charge in [0.2, 0.25) is 5.95 Å². The number of nitrogens with one attached hydrogen (secondary N) is 2. The highest BCUT2D eigenvalue weighted by Gasteiger charge is 2.20. The number of hydrogen-bond acceptors (Lipinski definition) is 7. The molecule has 3 aromatic rings. The van der Waals surface area contributed by atoms with E-state index in [-0.39, 0.29) is 34.2 Å². The van der Waals surface area contributed by atoms with Crippen LogP contribution in [-0.2, 0) is 4.79 Å². The molecule has 4 rings (SSSR count). The first-order valence-electron chi connectivity index (χ1n) is 15.2. The summed E-state index contributed by atoms with van der Waals surface area (Å²) >= 11 is 5.95. The lowest BCUT2D eigenvalue weighted by Gasteiger charge is -2.20. The van der Waals surface area contributed by atoms with Crippen molar-refractivity contribution in [2.24, 2.45) is 10.9 Å². The third-order valence-electron chi connectivity index (χ3n) is 7.57. The van der Waals surface area contributed by atoms with Gasteiger partial charge in [0.15, 0.2) is 5.65 Å². The average Bonchev–Trinajstić information content (AvgIpc) is 3.24. The number of allylic oxidation sites excluding steroid dienone is 2. The number of hydrogen-bond donors (Lipinski definition) is 2. The van der Waals surface area contributed by atoms with Gasteiger partial charge in [0.25, 0.3) is 11.9 Å². The lowest BCUT2D eigenvalue weighted by atomic mass is 10.0. The van der Waals surface area contributed by atoms with Gasteiger partial charge in [0.05, 0.1) is 16.9 Å². The maximum Gasteiger partial charge on any atom is 0.251 e. The molecule has 0 fully saturated rings. The SMILES string of the molecule is CCCN(C)CCC(CC)CNC(=O)C1=CCCC(=Nc2ncc3nc(Nc4ccc(F)c(Cl)c4)n(C(C)C)c3n2)C(F)=C1. The third kappa shape index (κ3) is 8.47. The van der Waals surface area contributed by atoms with Gasteiger partial charge in [0, 0.05) is 23.8 Å². The summed E-state index contributed by atoms with van der Waals surface area (Å²) in [5, 5.41) is 6.14. The molecule has 0 saturated heterocycles. The summed E-state index contributed by atoms with van der Waals surface area (Å²) in [5.74, 6) is -0.488. The Morgan fingerprint density at radius 2 is 2.00 bits per heavy atom. The van der Waals surface area contributed by atoms with Crippen LogP contribution in [0.15, 0.2) is 52.9 Å². The van der Waals surface area contributed by atoms with Gasteiger partial charge >= 0.3 is 0 Å². The molecule has 1 amide bonds. The van der Waals surface area contributed by atoms with E-state index in [0.29, 0.717) is 48.1 Å². The number of aromatic nitrogens is 4. The average molecular weight is 627 g/mol. The predicted octanol–water partition coefficient (Wildman–Crippen LogP) is 7.46. The minimum Gasteiger partial charge on any atom is -0.352 e. The number of aliphatic imine (C=N–C) groups is 1. The van der Waals surface area contributed by atoms with E-state index in [1.807, 2.05) is 18.4 Å². The number of carbonyl (C=O) groups is 1. The number of rotatable bonds is 13. The van der Waals surface area contributed by atoms with Crippen LogP contribution in [-0.4, -0.2) is 62.7 Å². The van der Waals surface area contributed by atoms with Gasteiger partial charge in [-0.1, -0.05) is 37.9 Å². The van der Waals surface area contributed by atoms with E-state index in [1.165, 1.54) is 24.4 Å². The van der Waals surface area contributed by atoms with Crippen LogP contribution >= 0.6 is 11.6 Å². The number of carbonyl (C=O) groups excluding carboxylic acids is 1. The Morgan fingerprint density at radius 1 is 1.20 bits per heavy atom. The molecular formula is C32H41ClF2N8O. The summed E-state index contributed by atoms with van der Waals surface area (Å²) in [5.41, 5.74) is 2.04. The molecule has 2 N–H and O–H groups in total. The molecule has 1 atom stereocenters. The van der Waals surface area contributed by atoms with Crippen molar-refractivity contribution < 1.29 is 13.6 Å². The van der Waals surface area contributed by atoms with E-state index in [0.717, 1.165) is 32.4 Å². The van der Waals surface area contributed by atoms with Crippen LogP contribution in [0.25, 0.3) is 11.2 Å². The van der Waals surface area contributed by atoms with Crippen LogP contribution in [0.4, 0.5) is 26.4 Å². The van der Waals surface area contributed by atoms with Crippen LogP contribution in [0, 0.1) is 11.7 Å². The largest absolute Gasteiger partial charge is 0.352 e. The Balaban J connectivity index is 1.49. The van der Waals surface area contributed by atoms with E-state index in [4.69, 9.17) is 11.6 Å². The van der Waals surface area contributed by atoms with Crippen molar-refractivity contribution in [3.63, 3.8) is 0 Å². The molecular weight excluding hydrogens is 586 g/mol. The molecule has 9 nitrogen and oxygen atoms in total. The van der Waals surface area contributed by atoms with Gasteiger partial charge in [-0.2, -0.15) is 4.98 Å². The van der Waals surface area contributed by atoms with Gasteiger partial charge in [-0.3, -0.25) is 9.36 Å². The van der Waals surface area contributed by atoms with Crippen molar-refractivity contribution >= 4 is 52.0 Å². The summed E-state index contributed by atoms with van der Waals surface area (Å²) in [6.45, 7) is 10.8. The first-order valence-corrected chi connectivity index (χ1v) is 15.6. The first-order chi connectivity index (χ1) is 21.1. The predicted molar refractivity (Wildman–Crippen MR) is 173 cm³/mol. The standard InChI is InChI=1S/C32H41ClF2N8O/c1-6-14-42(5)15-13-21(7-2)18-36-30(44)22-9-8-10-27(26(35)16-22)39-31-37-19-28-29(41-31)43(20(3)4)32(40-28)38-23-11-12-25(34)24(33)17-23/h9,11-12,16-17,19-21H,6-8,10,13-15,18H2,1-5H3,(H,36,44)(H,38,40). The van der Waals surface area contributed by atoms with Crippen molar-refractivity contribution in [2.75, 3.05) is 32.0 Å². The molecule has 2 heterocycles. The number of fused-ring (bicyclic) bond motifs is 1. The number of benzene rings is 1. The highest BCUT2D eigenvalue weighted by Crippen LogP contribution is 2.29. The van der Waals surface area contributed by atoms with Crippen molar-refractivity contribution in [1.29, 1.82) is 0 Å². The highest BCUT2D eigenvalue weighted by molar-refractivity contribution is 6.31. The summed E-state index contributed by atoms with van der Waals surface area (Å²) in [6, 6.07) is 4.26. The lowest BCUT2D eigenvalue weighted by Crippen LogP contribution is -2.32. The number of anilines is 2. The van der Waals surface area contributed by atoms with E-state index in [1.54, 1.807) is 12.1 Å². The molecule has 236 valence electrons. The zero-order valence-corrected chi connectivity index (χ0v) is 26.8. The van der Waals surface area contributed by atoms with Crippen molar-refractivity contribution in [1.82, 2.24) is 29.7 Å². The number of nitrogens with zero attached hydrogens (tertiary/aromatic N) is 6. The van der Waals surface area contributed by atoms with Crippen LogP contribution in [0.5, 0.6) is 0 Å². The molecule has 2 aromatic heterocycles. The molecule has 1 aromatic carbocycles. The van der Waals surface area contributed by atoms with Crippen LogP contribution in [0.2, 0.25) is 5.02 Å².